The molecule has 0 unspecified atom stereocenters. The summed E-state index contributed by atoms with van der Waals surface area (Å²) in [7, 11) is 0. The van der Waals surface area contributed by atoms with Gasteiger partial charge in [0.1, 0.15) is 12.0 Å². The topological polar surface area (TPSA) is 63.1 Å². The zero-order valence-corrected chi connectivity index (χ0v) is 16.1. The molecule has 1 atom stereocenters. The van der Waals surface area contributed by atoms with Crippen molar-refractivity contribution >= 4 is 17.5 Å². The fraction of sp³-hybridized carbons (Fsp3) is 0.286. The molecule has 1 aromatic carbocycles. The molecule has 4 rings (SSSR count). The number of pyridine rings is 1. The molecule has 30 heavy (non-hydrogen) atoms. The molecule has 6 nitrogen and oxygen atoms in total. The van der Waals surface area contributed by atoms with Crippen LogP contribution in [0.15, 0.2) is 48.8 Å². The van der Waals surface area contributed by atoms with E-state index in [4.69, 9.17) is 0 Å². The zero-order chi connectivity index (χ0) is 21.1. The Hall–Kier alpha value is -3.36. The Balaban J connectivity index is 1.31. The monoisotopic (exact) mass is 415 g/mol. The van der Waals surface area contributed by atoms with Gasteiger partial charge in [0.15, 0.2) is 17.5 Å². The van der Waals surface area contributed by atoms with E-state index in [2.05, 4.69) is 15.4 Å². The van der Waals surface area contributed by atoms with Crippen molar-refractivity contribution in [2.75, 3.05) is 23.3 Å². The predicted molar refractivity (Wildman–Crippen MR) is 106 cm³/mol. The fourth-order valence-corrected chi connectivity index (χ4v) is 3.35. The van der Waals surface area contributed by atoms with Crippen molar-refractivity contribution in [3.63, 3.8) is 0 Å². The van der Waals surface area contributed by atoms with Gasteiger partial charge in [0.25, 0.3) is 0 Å². The number of amides is 1. The molecule has 0 aliphatic carbocycles. The molecule has 1 aliphatic heterocycles. The van der Waals surface area contributed by atoms with Crippen molar-refractivity contribution in [1.82, 2.24) is 14.8 Å². The first-order valence-electron chi connectivity index (χ1n) is 9.57. The predicted octanol–water partition coefficient (Wildman–Crippen LogP) is 3.33. The van der Waals surface area contributed by atoms with Gasteiger partial charge in [-0.15, -0.1) is 0 Å². The highest BCUT2D eigenvalue weighted by Crippen LogP contribution is 2.20. The number of benzene rings is 1. The van der Waals surface area contributed by atoms with Gasteiger partial charge in [-0.3, -0.25) is 9.48 Å². The van der Waals surface area contributed by atoms with Gasteiger partial charge in [-0.1, -0.05) is 12.1 Å². The molecular weight excluding hydrogens is 395 g/mol. The standard InChI is InChI=1S/C21H20F3N5O/c22-16-5-7-28(13-16)20-4-2-14(11-25-20)10-21(30)26-19-6-8-29(27-19)12-15-1-3-17(23)18(24)9-15/h1-4,6,8-9,11,16H,5,7,10,12-13H2,(H,26,27,30)/t16-/m1/s1. The van der Waals surface area contributed by atoms with Crippen molar-refractivity contribution in [1.29, 1.82) is 0 Å². The molecule has 9 heteroatoms. The van der Waals surface area contributed by atoms with E-state index >= 15 is 0 Å². The van der Waals surface area contributed by atoms with E-state index in [0.717, 1.165) is 17.7 Å². The number of rotatable bonds is 6. The number of aromatic nitrogens is 3. The number of nitrogens with zero attached hydrogens (tertiary/aromatic N) is 4. The van der Waals surface area contributed by atoms with Crippen LogP contribution in [0, 0.1) is 11.6 Å². The van der Waals surface area contributed by atoms with Crippen molar-refractivity contribution in [3.05, 3.63) is 71.6 Å². The van der Waals surface area contributed by atoms with Gasteiger partial charge < -0.3 is 10.2 Å². The van der Waals surface area contributed by atoms with Crippen LogP contribution in [0.5, 0.6) is 0 Å². The Morgan fingerprint density at radius 2 is 1.97 bits per heavy atom. The van der Waals surface area contributed by atoms with E-state index in [9.17, 15) is 18.0 Å². The van der Waals surface area contributed by atoms with Gasteiger partial charge in [0, 0.05) is 25.0 Å². The molecule has 0 spiro atoms. The first-order chi connectivity index (χ1) is 14.5. The minimum Gasteiger partial charge on any atom is -0.354 e. The minimum absolute atomic E-state index is 0.120. The van der Waals surface area contributed by atoms with Crippen molar-refractivity contribution in [3.8, 4) is 0 Å². The molecule has 3 aromatic rings. The molecule has 0 bridgehead atoms. The van der Waals surface area contributed by atoms with Gasteiger partial charge in [-0.2, -0.15) is 5.10 Å². The maximum atomic E-state index is 13.3. The fourth-order valence-electron chi connectivity index (χ4n) is 3.35. The third-order valence-electron chi connectivity index (χ3n) is 4.87. The zero-order valence-electron chi connectivity index (χ0n) is 16.1. The third-order valence-corrected chi connectivity index (χ3v) is 4.87. The number of hydrogen-bond donors (Lipinski definition) is 1. The van der Waals surface area contributed by atoms with Crippen LogP contribution < -0.4 is 10.2 Å². The quantitative estimate of drug-likeness (QED) is 0.671. The summed E-state index contributed by atoms with van der Waals surface area (Å²) in [5, 5.41) is 6.92. The van der Waals surface area contributed by atoms with Gasteiger partial charge in [0.05, 0.1) is 19.5 Å². The first kappa shape index (κ1) is 19.9. The Bertz CT molecular complexity index is 1040. The molecule has 1 amide bonds. The molecular formula is C21H20F3N5O. The summed E-state index contributed by atoms with van der Waals surface area (Å²) >= 11 is 0. The number of halogens is 3. The normalized spacial score (nSPS) is 16.1. The second-order valence-corrected chi connectivity index (χ2v) is 7.23. The van der Waals surface area contributed by atoms with Crippen LogP contribution in [0.2, 0.25) is 0 Å². The van der Waals surface area contributed by atoms with Crippen LogP contribution in [0.4, 0.5) is 24.8 Å². The average Bonchev–Trinajstić information content (AvgIpc) is 3.34. The molecule has 1 fully saturated rings. The Morgan fingerprint density at radius 1 is 1.13 bits per heavy atom. The summed E-state index contributed by atoms with van der Waals surface area (Å²) in [5.41, 5.74) is 1.28. The summed E-state index contributed by atoms with van der Waals surface area (Å²) in [6, 6.07) is 8.87. The molecule has 1 N–H and O–H groups in total. The van der Waals surface area contributed by atoms with E-state index in [1.165, 1.54) is 10.7 Å². The lowest BCUT2D eigenvalue weighted by Crippen LogP contribution is -2.21. The average molecular weight is 415 g/mol. The third kappa shape index (κ3) is 4.79. The van der Waals surface area contributed by atoms with Crippen LogP contribution in [-0.2, 0) is 17.8 Å². The lowest BCUT2D eigenvalue weighted by atomic mass is 10.2. The van der Waals surface area contributed by atoms with Crippen LogP contribution in [0.3, 0.4) is 0 Å². The van der Waals surface area contributed by atoms with E-state index in [0.29, 0.717) is 36.7 Å². The lowest BCUT2D eigenvalue weighted by molar-refractivity contribution is -0.115. The highest BCUT2D eigenvalue weighted by atomic mass is 19.2. The Morgan fingerprint density at radius 3 is 2.67 bits per heavy atom. The molecule has 1 aliphatic rings. The molecule has 3 heterocycles. The SMILES string of the molecule is O=C(Cc1ccc(N2CC[C@@H](F)C2)nc1)Nc1ccn(Cc2ccc(F)c(F)c2)n1. The number of nitrogens with one attached hydrogen (secondary N) is 1. The summed E-state index contributed by atoms with van der Waals surface area (Å²) in [5.74, 6) is -1.01. The van der Waals surface area contributed by atoms with Gasteiger partial charge in [-0.05, 0) is 35.7 Å². The Labute approximate surface area is 171 Å². The number of carbonyl (C=O) groups excluding carboxylic acids is 1. The van der Waals surface area contributed by atoms with Crippen molar-refractivity contribution in [2.24, 2.45) is 0 Å². The highest BCUT2D eigenvalue weighted by Gasteiger charge is 2.22. The molecule has 2 aromatic heterocycles. The first-order valence-corrected chi connectivity index (χ1v) is 9.57. The number of carbonyl (C=O) groups is 1. The van der Waals surface area contributed by atoms with E-state index in [1.54, 1.807) is 30.6 Å². The maximum Gasteiger partial charge on any atom is 0.230 e. The summed E-state index contributed by atoms with van der Waals surface area (Å²) < 4.78 is 41.2. The van der Waals surface area contributed by atoms with E-state index < -0.39 is 17.8 Å². The summed E-state index contributed by atoms with van der Waals surface area (Å²) in [4.78, 5) is 18.5. The molecule has 156 valence electrons. The maximum absolute atomic E-state index is 13.3. The minimum atomic E-state index is -0.915. The van der Waals surface area contributed by atoms with E-state index in [1.807, 2.05) is 4.90 Å². The van der Waals surface area contributed by atoms with Crippen molar-refractivity contribution < 1.29 is 18.0 Å². The van der Waals surface area contributed by atoms with E-state index in [-0.39, 0.29) is 18.9 Å². The van der Waals surface area contributed by atoms with Crippen LogP contribution in [-0.4, -0.2) is 39.9 Å². The van der Waals surface area contributed by atoms with Crippen LogP contribution >= 0.6 is 0 Å². The molecule has 0 saturated carbocycles. The smallest absolute Gasteiger partial charge is 0.230 e. The summed E-state index contributed by atoms with van der Waals surface area (Å²) in [6.45, 7) is 1.23. The molecule has 1 saturated heterocycles. The van der Waals surface area contributed by atoms with Crippen LogP contribution in [0.1, 0.15) is 17.5 Å². The second-order valence-electron chi connectivity index (χ2n) is 7.23. The Kier molecular flexibility index (Phi) is 5.69. The number of anilines is 2. The number of hydrogen-bond acceptors (Lipinski definition) is 4. The largest absolute Gasteiger partial charge is 0.354 e. The van der Waals surface area contributed by atoms with Gasteiger partial charge in [0.2, 0.25) is 5.91 Å². The van der Waals surface area contributed by atoms with Gasteiger partial charge >= 0.3 is 0 Å². The lowest BCUT2D eigenvalue weighted by Gasteiger charge is -2.16. The number of alkyl halides is 1. The summed E-state index contributed by atoms with van der Waals surface area (Å²) in [6.07, 6.45) is 3.06. The van der Waals surface area contributed by atoms with Gasteiger partial charge in [-0.25, -0.2) is 18.2 Å². The highest BCUT2D eigenvalue weighted by molar-refractivity contribution is 5.91. The second kappa shape index (κ2) is 8.56. The molecule has 0 radical (unpaired) electrons. The van der Waals surface area contributed by atoms with Crippen molar-refractivity contribution in [2.45, 2.75) is 25.6 Å². The van der Waals surface area contributed by atoms with Crippen LogP contribution in [0.25, 0.3) is 0 Å².